The molecular formula is C12H16N4O3. The van der Waals surface area contributed by atoms with Crippen molar-refractivity contribution in [1.29, 1.82) is 0 Å². The van der Waals surface area contributed by atoms with E-state index in [0.29, 0.717) is 5.56 Å². The molecule has 0 saturated heterocycles. The number of nitrogens with zero attached hydrogens (tertiary/aromatic N) is 3. The summed E-state index contributed by atoms with van der Waals surface area (Å²) in [5.41, 5.74) is 0.0649. The molecule has 7 heteroatoms. The Morgan fingerprint density at radius 2 is 2.00 bits per heavy atom. The van der Waals surface area contributed by atoms with Crippen molar-refractivity contribution in [2.24, 2.45) is 4.99 Å². The topological polar surface area (TPSA) is 93.5 Å². The molecule has 0 aliphatic rings. The van der Waals surface area contributed by atoms with E-state index in [9.17, 15) is 9.59 Å². The minimum absolute atomic E-state index is 0.125. The molecule has 0 aliphatic carbocycles. The molecule has 0 radical (unpaired) electrons. The largest absolute Gasteiger partial charge is 0.444 e. The van der Waals surface area contributed by atoms with Gasteiger partial charge in [0.15, 0.2) is 0 Å². The predicted octanol–water partition coefficient (Wildman–Crippen LogP) is 2.22. The van der Waals surface area contributed by atoms with E-state index in [-0.39, 0.29) is 12.0 Å². The monoisotopic (exact) mass is 264 g/mol. The number of amides is 1. The molecule has 102 valence electrons. The van der Waals surface area contributed by atoms with Gasteiger partial charge in [-0.1, -0.05) is 0 Å². The van der Waals surface area contributed by atoms with Gasteiger partial charge in [0.05, 0.1) is 6.04 Å². The molecule has 1 aromatic rings. The van der Waals surface area contributed by atoms with Gasteiger partial charge in [-0.05, 0) is 27.7 Å². The lowest BCUT2D eigenvalue weighted by Crippen LogP contribution is -2.27. The highest BCUT2D eigenvalue weighted by molar-refractivity contribution is 5.82. The number of anilines is 1. The molecule has 1 N–H and O–H groups in total. The number of aliphatic imine (C=N–C) groups is 1. The Morgan fingerprint density at radius 1 is 1.42 bits per heavy atom. The fraction of sp³-hybridized carbons (Fsp3) is 0.500. The van der Waals surface area contributed by atoms with Crippen LogP contribution in [0.25, 0.3) is 0 Å². The number of hydrogen-bond acceptors (Lipinski definition) is 6. The highest BCUT2D eigenvalue weighted by atomic mass is 16.6. The van der Waals surface area contributed by atoms with Crippen LogP contribution < -0.4 is 5.32 Å². The number of aromatic nitrogens is 2. The van der Waals surface area contributed by atoms with Crippen LogP contribution in [0.1, 0.15) is 39.3 Å². The predicted molar refractivity (Wildman–Crippen MR) is 68.4 cm³/mol. The first-order valence-corrected chi connectivity index (χ1v) is 5.71. The molecule has 0 bridgehead atoms. The molecule has 0 aromatic carbocycles. The first kappa shape index (κ1) is 14.8. The molecule has 7 nitrogen and oxygen atoms in total. The van der Waals surface area contributed by atoms with Crippen LogP contribution in [-0.2, 0) is 9.53 Å². The fourth-order valence-corrected chi connectivity index (χ4v) is 1.17. The van der Waals surface area contributed by atoms with Gasteiger partial charge in [0.1, 0.15) is 5.60 Å². The minimum atomic E-state index is -0.626. The Labute approximate surface area is 111 Å². The second-order valence-corrected chi connectivity index (χ2v) is 4.86. The Bertz CT molecular complexity index is 487. The van der Waals surface area contributed by atoms with E-state index in [1.165, 1.54) is 18.5 Å². The highest BCUT2D eigenvalue weighted by Gasteiger charge is 2.17. The van der Waals surface area contributed by atoms with Crippen LogP contribution in [0.5, 0.6) is 0 Å². The van der Waals surface area contributed by atoms with Crippen molar-refractivity contribution in [3.63, 3.8) is 0 Å². The van der Waals surface area contributed by atoms with Crippen molar-refractivity contribution in [2.45, 2.75) is 39.3 Å². The van der Waals surface area contributed by atoms with Crippen LogP contribution in [0.4, 0.5) is 10.7 Å². The number of carbonyl (C=O) groups excluding carboxylic acids is 2. The summed E-state index contributed by atoms with van der Waals surface area (Å²) in [4.78, 5) is 33.0. The molecule has 1 atom stereocenters. The molecule has 1 unspecified atom stereocenters. The van der Waals surface area contributed by atoms with Gasteiger partial charge in [-0.2, -0.15) is 4.99 Å². The van der Waals surface area contributed by atoms with Crippen molar-refractivity contribution in [1.82, 2.24) is 9.97 Å². The van der Waals surface area contributed by atoms with Gasteiger partial charge in [0.2, 0.25) is 12.0 Å². The lowest BCUT2D eigenvalue weighted by Gasteiger charge is -2.19. The number of isocyanates is 1. The summed E-state index contributed by atoms with van der Waals surface area (Å²) in [7, 11) is 0. The van der Waals surface area contributed by atoms with E-state index in [0.717, 1.165) is 0 Å². The summed E-state index contributed by atoms with van der Waals surface area (Å²) in [5.74, 6) is 0.125. The molecular weight excluding hydrogens is 248 g/mol. The molecule has 1 aromatic heterocycles. The van der Waals surface area contributed by atoms with E-state index < -0.39 is 11.7 Å². The SMILES string of the molecule is CC(N=C=O)c1cnc(NC(=O)OC(C)(C)C)nc1. The number of hydrogen-bond donors (Lipinski definition) is 1. The molecule has 0 aliphatic heterocycles. The van der Waals surface area contributed by atoms with Crippen LogP contribution in [-0.4, -0.2) is 27.7 Å². The Kier molecular flexibility index (Phi) is 4.72. The quantitative estimate of drug-likeness (QED) is 0.667. The maximum Gasteiger partial charge on any atom is 0.414 e. The smallest absolute Gasteiger partial charge is 0.414 e. The second kappa shape index (κ2) is 6.06. The molecule has 0 fully saturated rings. The average Bonchev–Trinajstić information content (AvgIpc) is 2.27. The number of rotatable bonds is 3. The first-order valence-electron chi connectivity index (χ1n) is 5.71. The molecule has 0 saturated carbocycles. The summed E-state index contributed by atoms with van der Waals surface area (Å²) >= 11 is 0. The minimum Gasteiger partial charge on any atom is -0.444 e. The van der Waals surface area contributed by atoms with Gasteiger partial charge in [-0.3, -0.25) is 5.32 Å². The van der Waals surface area contributed by atoms with E-state index in [4.69, 9.17) is 4.74 Å². The number of nitrogens with one attached hydrogen (secondary N) is 1. The average molecular weight is 264 g/mol. The molecule has 1 heterocycles. The Morgan fingerprint density at radius 3 is 2.47 bits per heavy atom. The third kappa shape index (κ3) is 5.27. The van der Waals surface area contributed by atoms with E-state index in [1.54, 1.807) is 27.7 Å². The molecule has 19 heavy (non-hydrogen) atoms. The Hall–Kier alpha value is -2.27. The lowest BCUT2D eigenvalue weighted by molar-refractivity contribution is 0.0634. The first-order chi connectivity index (χ1) is 8.81. The second-order valence-electron chi connectivity index (χ2n) is 4.86. The van der Waals surface area contributed by atoms with Gasteiger partial charge in [0.25, 0.3) is 0 Å². The summed E-state index contributed by atoms with van der Waals surface area (Å²) in [6.45, 7) is 6.99. The fourth-order valence-electron chi connectivity index (χ4n) is 1.17. The highest BCUT2D eigenvalue weighted by Crippen LogP contribution is 2.14. The van der Waals surface area contributed by atoms with Gasteiger partial charge < -0.3 is 4.74 Å². The number of ether oxygens (including phenoxy) is 1. The van der Waals surface area contributed by atoms with Crippen molar-refractivity contribution in [3.05, 3.63) is 18.0 Å². The maximum absolute atomic E-state index is 11.5. The van der Waals surface area contributed by atoms with Crippen molar-refractivity contribution in [3.8, 4) is 0 Å². The van der Waals surface area contributed by atoms with Crippen molar-refractivity contribution in [2.75, 3.05) is 5.32 Å². The van der Waals surface area contributed by atoms with Gasteiger partial charge in [-0.15, -0.1) is 0 Å². The van der Waals surface area contributed by atoms with Gasteiger partial charge >= 0.3 is 6.09 Å². The Balaban J connectivity index is 2.67. The van der Waals surface area contributed by atoms with Crippen LogP contribution in [0.3, 0.4) is 0 Å². The van der Waals surface area contributed by atoms with Crippen LogP contribution >= 0.6 is 0 Å². The van der Waals surface area contributed by atoms with E-state index >= 15 is 0 Å². The summed E-state index contributed by atoms with van der Waals surface area (Å²) in [5, 5.41) is 2.41. The third-order valence-electron chi connectivity index (χ3n) is 2.01. The van der Waals surface area contributed by atoms with Crippen molar-refractivity contribution >= 4 is 18.1 Å². The van der Waals surface area contributed by atoms with Crippen LogP contribution in [0.2, 0.25) is 0 Å². The van der Waals surface area contributed by atoms with E-state index in [2.05, 4.69) is 20.3 Å². The lowest BCUT2D eigenvalue weighted by atomic mass is 10.2. The molecule has 1 rings (SSSR count). The van der Waals surface area contributed by atoms with E-state index in [1.807, 2.05) is 0 Å². The zero-order chi connectivity index (χ0) is 14.5. The standard InChI is InChI=1S/C12H16N4O3/c1-8(15-7-17)9-5-13-10(14-6-9)16-11(18)19-12(2,3)4/h5-6,8H,1-4H3,(H,13,14,16,18). The molecule has 1 amide bonds. The van der Waals surface area contributed by atoms with Crippen molar-refractivity contribution < 1.29 is 14.3 Å². The molecule has 0 spiro atoms. The van der Waals surface area contributed by atoms with Crippen LogP contribution in [0.15, 0.2) is 17.4 Å². The normalized spacial score (nSPS) is 12.2. The zero-order valence-electron chi connectivity index (χ0n) is 11.3. The maximum atomic E-state index is 11.5. The van der Waals surface area contributed by atoms with Crippen LogP contribution in [0, 0.1) is 0 Å². The summed E-state index contributed by atoms with van der Waals surface area (Å²) in [6, 6.07) is -0.368. The zero-order valence-corrected chi connectivity index (χ0v) is 11.3. The summed E-state index contributed by atoms with van der Waals surface area (Å²) in [6.07, 6.45) is 3.80. The summed E-state index contributed by atoms with van der Waals surface area (Å²) < 4.78 is 5.06. The van der Waals surface area contributed by atoms with Gasteiger partial charge in [0, 0.05) is 18.0 Å². The van der Waals surface area contributed by atoms with Gasteiger partial charge in [-0.25, -0.2) is 19.6 Å². The third-order valence-corrected chi connectivity index (χ3v) is 2.01. The number of carbonyl (C=O) groups is 1.